The van der Waals surface area contributed by atoms with Crippen LogP contribution in [0.15, 0.2) is 24.4 Å². The van der Waals surface area contributed by atoms with E-state index >= 15 is 0 Å². The highest BCUT2D eigenvalue weighted by Gasteiger charge is 2.21. The smallest absolute Gasteiger partial charge is 0.137 e. The Labute approximate surface area is 116 Å². The van der Waals surface area contributed by atoms with Gasteiger partial charge in [-0.1, -0.05) is 33.8 Å². The largest absolute Gasteiger partial charge is 0.311 e. The van der Waals surface area contributed by atoms with E-state index in [1.54, 1.807) is 0 Å². The number of fused-ring (bicyclic) bond motifs is 1. The summed E-state index contributed by atoms with van der Waals surface area (Å²) >= 11 is 0. The Hall–Kier alpha value is -1.35. The van der Waals surface area contributed by atoms with Crippen molar-refractivity contribution in [3.05, 3.63) is 35.8 Å². The second-order valence-corrected chi connectivity index (χ2v) is 6.32. The Morgan fingerprint density at radius 2 is 2.05 bits per heavy atom. The molecular formula is C16H25N3. The highest BCUT2D eigenvalue weighted by molar-refractivity contribution is 5.42. The molecule has 1 N–H and O–H groups in total. The van der Waals surface area contributed by atoms with Gasteiger partial charge in [-0.2, -0.15) is 0 Å². The molecule has 104 valence electrons. The van der Waals surface area contributed by atoms with Gasteiger partial charge in [0.1, 0.15) is 5.65 Å². The zero-order valence-electron chi connectivity index (χ0n) is 12.7. The molecule has 2 aromatic heterocycles. The molecule has 3 heteroatoms. The van der Waals surface area contributed by atoms with Crippen molar-refractivity contribution in [2.24, 2.45) is 11.3 Å². The number of aromatic nitrogens is 2. The van der Waals surface area contributed by atoms with Gasteiger partial charge in [-0.15, -0.1) is 0 Å². The first kappa shape index (κ1) is 14.1. The van der Waals surface area contributed by atoms with Crippen LogP contribution in [0.5, 0.6) is 0 Å². The molecule has 0 spiro atoms. The first-order chi connectivity index (χ1) is 8.92. The molecule has 0 bridgehead atoms. The molecule has 2 rings (SSSR count). The van der Waals surface area contributed by atoms with E-state index in [0.717, 1.165) is 24.4 Å². The van der Waals surface area contributed by atoms with Crippen LogP contribution in [0, 0.1) is 18.3 Å². The van der Waals surface area contributed by atoms with Gasteiger partial charge in [-0.25, -0.2) is 4.98 Å². The lowest BCUT2D eigenvalue weighted by Crippen LogP contribution is -2.33. The van der Waals surface area contributed by atoms with Crippen LogP contribution in [0.1, 0.15) is 39.1 Å². The maximum absolute atomic E-state index is 4.59. The van der Waals surface area contributed by atoms with Crippen LogP contribution in [0.4, 0.5) is 0 Å². The van der Waals surface area contributed by atoms with E-state index in [9.17, 15) is 0 Å². The summed E-state index contributed by atoms with van der Waals surface area (Å²) in [6, 6.07) is 6.13. The van der Waals surface area contributed by atoms with E-state index in [0.29, 0.717) is 11.3 Å². The van der Waals surface area contributed by atoms with Crippen molar-refractivity contribution in [1.29, 1.82) is 0 Å². The van der Waals surface area contributed by atoms with E-state index in [4.69, 9.17) is 0 Å². The van der Waals surface area contributed by atoms with Gasteiger partial charge in [0.15, 0.2) is 0 Å². The molecule has 0 fully saturated rings. The van der Waals surface area contributed by atoms with Crippen molar-refractivity contribution in [3.8, 4) is 0 Å². The van der Waals surface area contributed by atoms with Crippen molar-refractivity contribution in [2.75, 3.05) is 6.54 Å². The molecule has 19 heavy (non-hydrogen) atoms. The number of pyridine rings is 1. The molecule has 0 aliphatic heterocycles. The number of rotatable bonds is 5. The zero-order valence-corrected chi connectivity index (χ0v) is 12.7. The van der Waals surface area contributed by atoms with E-state index in [1.165, 1.54) is 5.69 Å². The maximum Gasteiger partial charge on any atom is 0.137 e. The Morgan fingerprint density at radius 3 is 2.74 bits per heavy atom. The van der Waals surface area contributed by atoms with Crippen molar-refractivity contribution < 1.29 is 0 Å². The molecule has 0 atom stereocenters. The summed E-state index contributed by atoms with van der Waals surface area (Å²) in [6.07, 6.45) is 2.08. The molecular weight excluding hydrogens is 234 g/mol. The summed E-state index contributed by atoms with van der Waals surface area (Å²) in [6.45, 7) is 13.1. The van der Waals surface area contributed by atoms with Gasteiger partial charge in [0.2, 0.25) is 0 Å². The van der Waals surface area contributed by atoms with E-state index in [2.05, 4.69) is 67.6 Å². The lowest BCUT2D eigenvalue weighted by atomic mass is 9.81. The van der Waals surface area contributed by atoms with Crippen LogP contribution in [0.3, 0.4) is 0 Å². The number of nitrogens with one attached hydrogen (secondary N) is 1. The molecule has 0 saturated carbocycles. The van der Waals surface area contributed by atoms with Crippen molar-refractivity contribution in [2.45, 2.75) is 41.2 Å². The van der Waals surface area contributed by atoms with Gasteiger partial charge in [-0.3, -0.25) is 0 Å². The molecule has 2 aromatic rings. The van der Waals surface area contributed by atoms with Crippen molar-refractivity contribution in [1.82, 2.24) is 14.7 Å². The number of aryl methyl sites for hydroxylation is 1. The van der Waals surface area contributed by atoms with Gasteiger partial charge >= 0.3 is 0 Å². The number of nitrogens with zero attached hydrogens (tertiary/aromatic N) is 2. The SMILES string of the molecule is Cc1nc2ccccn2c1CNCC(C)(C)C(C)C. The molecule has 0 radical (unpaired) electrons. The van der Waals surface area contributed by atoms with Gasteiger partial charge < -0.3 is 9.72 Å². The Balaban J connectivity index is 2.08. The average molecular weight is 259 g/mol. The summed E-state index contributed by atoms with van der Waals surface area (Å²) in [4.78, 5) is 4.59. The van der Waals surface area contributed by atoms with Crippen LogP contribution in [0.2, 0.25) is 0 Å². The fourth-order valence-electron chi connectivity index (χ4n) is 2.08. The molecule has 0 aliphatic carbocycles. The van der Waals surface area contributed by atoms with Crippen molar-refractivity contribution in [3.63, 3.8) is 0 Å². The minimum Gasteiger partial charge on any atom is -0.311 e. The van der Waals surface area contributed by atoms with Crippen LogP contribution >= 0.6 is 0 Å². The number of imidazole rings is 1. The van der Waals surface area contributed by atoms with Crippen LogP contribution in [-0.4, -0.2) is 15.9 Å². The van der Waals surface area contributed by atoms with E-state index in [1.807, 2.05) is 6.07 Å². The highest BCUT2D eigenvalue weighted by atomic mass is 15.0. The second kappa shape index (κ2) is 5.33. The van der Waals surface area contributed by atoms with E-state index in [-0.39, 0.29) is 0 Å². The van der Waals surface area contributed by atoms with Crippen LogP contribution in [0.25, 0.3) is 5.65 Å². The minimum atomic E-state index is 0.314. The molecule has 0 amide bonds. The lowest BCUT2D eigenvalue weighted by Gasteiger charge is -2.29. The monoisotopic (exact) mass is 259 g/mol. The normalized spacial score (nSPS) is 12.5. The topological polar surface area (TPSA) is 29.3 Å². The van der Waals surface area contributed by atoms with Crippen molar-refractivity contribution >= 4 is 5.65 Å². The van der Waals surface area contributed by atoms with Crippen LogP contribution < -0.4 is 5.32 Å². The fourth-order valence-corrected chi connectivity index (χ4v) is 2.08. The molecule has 0 unspecified atom stereocenters. The van der Waals surface area contributed by atoms with E-state index < -0.39 is 0 Å². The Kier molecular flexibility index (Phi) is 3.95. The summed E-state index contributed by atoms with van der Waals surface area (Å²) in [5.74, 6) is 0.670. The third-order valence-electron chi connectivity index (χ3n) is 4.27. The predicted octanol–water partition coefficient (Wildman–Crippen LogP) is 3.41. The second-order valence-electron chi connectivity index (χ2n) is 6.32. The molecule has 3 nitrogen and oxygen atoms in total. The first-order valence-electron chi connectivity index (χ1n) is 7.05. The van der Waals surface area contributed by atoms with Gasteiger partial charge in [0, 0.05) is 19.3 Å². The van der Waals surface area contributed by atoms with Gasteiger partial charge in [0.05, 0.1) is 11.4 Å². The molecule has 2 heterocycles. The summed E-state index contributed by atoms with van der Waals surface area (Å²) in [7, 11) is 0. The molecule has 0 saturated heterocycles. The lowest BCUT2D eigenvalue weighted by molar-refractivity contribution is 0.237. The summed E-state index contributed by atoms with van der Waals surface area (Å²) < 4.78 is 2.17. The summed E-state index contributed by atoms with van der Waals surface area (Å²) in [5, 5.41) is 3.58. The standard InChI is InChI=1S/C16H25N3/c1-12(2)16(4,5)11-17-10-14-13(3)18-15-8-6-7-9-19(14)15/h6-9,12,17H,10-11H2,1-5H3. The third-order valence-corrected chi connectivity index (χ3v) is 4.27. The minimum absolute atomic E-state index is 0.314. The Morgan fingerprint density at radius 1 is 1.32 bits per heavy atom. The number of hydrogen-bond donors (Lipinski definition) is 1. The first-order valence-corrected chi connectivity index (χ1v) is 7.05. The maximum atomic E-state index is 4.59. The van der Waals surface area contributed by atoms with Gasteiger partial charge in [-0.05, 0) is 30.4 Å². The molecule has 0 aliphatic rings. The Bertz CT molecular complexity index is 552. The molecule has 0 aromatic carbocycles. The van der Waals surface area contributed by atoms with Crippen LogP contribution in [-0.2, 0) is 6.54 Å². The summed E-state index contributed by atoms with van der Waals surface area (Å²) in [5.41, 5.74) is 3.71. The zero-order chi connectivity index (χ0) is 14.0. The third kappa shape index (κ3) is 2.98. The fraction of sp³-hybridized carbons (Fsp3) is 0.562. The predicted molar refractivity (Wildman–Crippen MR) is 80.3 cm³/mol. The number of hydrogen-bond acceptors (Lipinski definition) is 2. The van der Waals surface area contributed by atoms with Gasteiger partial charge in [0.25, 0.3) is 0 Å². The average Bonchev–Trinajstić information content (AvgIpc) is 2.65. The highest BCUT2D eigenvalue weighted by Crippen LogP contribution is 2.24. The quantitative estimate of drug-likeness (QED) is 0.891.